The molecule has 3 heteroatoms. The lowest BCUT2D eigenvalue weighted by atomic mass is 10.0. The Kier molecular flexibility index (Phi) is 2.29. The standard InChI is InChI=1S/C12H13N3/c1-8-4-2-3-5-9(8)10-6-7-11(13)15-12(10)14/h2-7H,1H3,(H4,13,14,15). The number of hydrogen-bond acceptors (Lipinski definition) is 3. The number of rotatable bonds is 1. The van der Waals surface area contributed by atoms with Gasteiger partial charge in [0.2, 0.25) is 0 Å². The van der Waals surface area contributed by atoms with Crippen LogP contribution in [0, 0.1) is 6.92 Å². The van der Waals surface area contributed by atoms with Gasteiger partial charge in [0.1, 0.15) is 11.6 Å². The van der Waals surface area contributed by atoms with E-state index in [0.29, 0.717) is 11.6 Å². The first kappa shape index (κ1) is 9.52. The van der Waals surface area contributed by atoms with Gasteiger partial charge in [0.05, 0.1) is 0 Å². The second kappa shape index (κ2) is 3.61. The fourth-order valence-electron chi connectivity index (χ4n) is 1.59. The second-order valence-electron chi connectivity index (χ2n) is 3.48. The molecule has 0 fully saturated rings. The molecule has 1 aromatic carbocycles. The van der Waals surface area contributed by atoms with Gasteiger partial charge in [-0.3, -0.25) is 0 Å². The maximum absolute atomic E-state index is 5.83. The molecular weight excluding hydrogens is 186 g/mol. The average molecular weight is 199 g/mol. The van der Waals surface area contributed by atoms with Crippen molar-refractivity contribution in [3.8, 4) is 11.1 Å². The van der Waals surface area contributed by atoms with Gasteiger partial charge in [0.25, 0.3) is 0 Å². The highest BCUT2D eigenvalue weighted by atomic mass is 14.9. The van der Waals surface area contributed by atoms with Crippen molar-refractivity contribution in [1.29, 1.82) is 0 Å². The van der Waals surface area contributed by atoms with Gasteiger partial charge in [-0.2, -0.15) is 0 Å². The molecule has 3 nitrogen and oxygen atoms in total. The average Bonchev–Trinajstić information content (AvgIpc) is 2.20. The lowest BCUT2D eigenvalue weighted by Gasteiger charge is -2.08. The Morgan fingerprint density at radius 3 is 2.33 bits per heavy atom. The van der Waals surface area contributed by atoms with Gasteiger partial charge in [0.15, 0.2) is 0 Å². The van der Waals surface area contributed by atoms with Crippen LogP contribution in [0.4, 0.5) is 11.6 Å². The number of nitrogens with two attached hydrogens (primary N) is 2. The SMILES string of the molecule is Cc1ccccc1-c1ccc(N)nc1N. The Labute approximate surface area is 88.8 Å². The summed E-state index contributed by atoms with van der Waals surface area (Å²) in [5.74, 6) is 0.925. The number of anilines is 2. The summed E-state index contributed by atoms with van der Waals surface area (Å²) in [5, 5.41) is 0. The molecule has 0 unspecified atom stereocenters. The van der Waals surface area contributed by atoms with Gasteiger partial charge in [-0.25, -0.2) is 4.98 Å². The maximum atomic E-state index is 5.83. The van der Waals surface area contributed by atoms with Crippen molar-refractivity contribution in [2.24, 2.45) is 0 Å². The predicted octanol–water partition coefficient (Wildman–Crippen LogP) is 2.22. The first-order valence-corrected chi connectivity index (χ1v) is 4.76. The van der Waals surface area contributed by atoms with Crippen LogP contribution in [0.3, 0.4) is 0 Å². The molecular formula is C12H13N3. The number of benzene rings is 1. The summed E-state index contributed by atoms with van der Waals surface area (Å²) in [7, 11) is 0. The highest BCUT2D eigenvalue weighted by molar-refractivity contribution is 5.77. The van der Waals surface area contributed by atoms with Crippen LogP contribution in [0.15, 0.2) is 36.4 Å². The van der Waals surface area contributed by atoms with Crippen LogP contribution in [-0.2, 0) is 0 Å². The van der Waals surface area contributed by atoms with Crippen molar-refractivity contribution in [1.82, 2.24) is 4.98 Å². The van der Waals surface area contributed by atoms with Crippen LogP contribution in [0.5, 0.6) is 0 Å². The van der Waals surface area contributed by atoms with Crippen molar-refractivity contribution in [3.63, 3.8) is 0 Å². The molecule has 2 rings (SSSR count). The van der Waals surface area contributed by atoms with Gasteiger partial charge < -0.3 is 11.5 Å². The van der Waals surface area contributed by atoms with Gasteiger partial charge in [0, 0.05) is 5.56 Å². The van der Waals surface area contributed by atoms with Crippen LogP contribution in [0.1, 0.15) is 5.56 Å². The summed E-state index contributed by atoms with van der Waals surface area (Å²) >= 11 is 0. The van der Waals surface area contributed by atoms with Crippen LogP contribution in [-0.4, -0.2) is 4.98 Å². The smallest absolute Gasteiger partial charge is 0.133 e. The topological polar surface area (TPSA) is 64.9 Å². The first-order valence-electron chi connectivity index (χ1n) is 4.76. The van der Waals surface area contributed by atoms with Crippen molar-refractivity contribution < 1.29 is 0 Å². The third-order valence-electron chi connectivity index (χ3n) is 2.38. The van der Waals surface area contributed by atoms with E-state index < -0.39 is 0 Å². The van der Waals surface area contributed by atoms with Gasteiger partial charge in [-0.1, -0.05) is 24.3 Å². The minimum absolute atomic E-state index is 0.449. The van der Waals surface area contributed by atoms with E-state index >= 15 is 0 Å². The van der Waals surface area contributed by atoms with E-state index in [9.17, 15) is 0 Å². The number of aromatic nitrogens is 1. The van der Waals surface area contributed by atoms with E-state index in [1.165, 1.54) is 5.56 Å². The summed E-state index contributed by atoms with van der Waals surface area (Å²) in [6.45, 7) is 2.05. The van der Waals surface area contributed by atoms with E-state index in [2.05, 4.69) is 4.98 Å². The predicted molar refractivity (Wildman–Crippen MR) is 63.2 cm³/mol. The summed E-state index contributed by atoms with van der Waals surface area (Å²) in [6.07, 6.45) is 0. The Hall–Kier alpha value is -2.03. The molecule has 0 bridgehead atoms. The largest absolute Gasteiger partial charge is 0.384 e. The molecule has 0 radical (unpaired) electrons. The highest BCUT2D eigenvalue weighted by Gasteiger charge is 2.05. The molecule has 0 saturated carbocycles. The lowest BCUT2D eigenvalue weighted by molar-refractivity contribution is 1.33. The monoisotopic (exact) mass is 199 g/mol. The number of nitrogen functional groups attached to an aromatic ring is 2. The van der Waals surface area contributed by atoms with Crippen molar-refractivity contribution in [2.45, 2.75) is 6.92 Å². The minimum atomic E-state index is 0.449. The zero-order valence-electron chi connectivity index (χ0n) is 8.57. The zero-order valence-corrected chi connectivity index (χ0v) is 8.57. The fourth-order valence-corrected chi connectivity index (χ4v) is 1.59. The molecule has 15 heavy (non-hydrogen) atoms. The molecule has 0 spiro atoms. The summed E-state index contributed by atoms with van der Waals surface area (Å²) in [6, 6.07) is 11.7. The zero-order chi connectivity index (χ0) is 10.8. The molecule has 1 heterocycles. The summed E-state index contributed by atoms with van der Waals surface area (Å²) in [4.78, 5) is 4.05. The molecule has 4 N–H and O–H groups in total. The third kappa shape index (κ3) is 1.76. The van der Waals surface area contributed by atoms with Crippen LogP contribution < -0.4 is 11.5 Å². The second-order valence-corrected chi connectivity index (χ2v) is 3.48. The maximum Gasteiger partial charge on any atom is 0.133 e. The molecule has 76 valence electrons. The van der Waals surface area contributed by atoms with Crippen LogP contribution >= 0.6 is 0 Å². The first-order chi connectivity index (χ1) is 7.18. The number of pyridine rings is 1. The highest BCUT2D eigenvalue weighted by Crippen LogP contribution is 2.27. The van der Waals surface area contributed by atoms with E-state index in [4.69, 9.17) is 11.5 Å². The normalized spacial score (nSPS) is 10.2. The van der Waals surface area contributed by atoms with E-state index in [1.807, 2.05) is 37.3 Å². The quantitative estimate of drug-likeness (QED) is 0.740. The Morgan fingerprint density at radius 1 is 0.933 bits per heavy atom. The Balaban J connectivity index is 2.60. The van der Waals surface area contributed by atoms with Crippen molar-refractivity contribution in [2.75, 3.05) is 11.5 Å². The minimum Gasteiger partial charge on any atom is -0.384 e. The molecule has 0 atom stereocenters. The Bertz CT molecular complexity index is 492. The lowest BCUT2D eigenvalue weighted by Crippen LogP contribution is -1.98. The van der Waals surface area contributed by atoms with Crippen molar-refractivity contribution >= 4 is 11.6 Å². The number of hydrogen-bond donors (Lipinski definition) is 2. The van der Waals surface area contributed by atoms with Crippen LogP contribution in [0.25, 0.3) is 11.1 Å². The molecule has 0 saturated heterocycles. The molecule has 2 aromatic rings. The van der Waals surface area contributed by atoms with E-state index in [1.54, 1.807) is 6.07 Å². The van der Waals surface area contributed by atoms with Crippen molar-refractivity contribution in [3.05, 3.63) is 42.0 Å². The number of aryl methyl sites for hydroxylation is 1. The van der Waals surface area contributed by atoms with Gasteiger partial charge >= 0.3 is 0 Å². The van der Waals surface area contributed by atoms with E-state index in [0.717, 1.165) is 11.1 Å². The molecule has 0 aliphatic carbocycles. The fraction of sp³-hybridized carbons (Fsp3) is 0.0833. The molecule has 0 amide bonds. The third-order valence-corrected chi connectivity index (χ3v) is 2.38. The molecule has 1 aromatic heterocycles. The summed E-state index contributed by atoms with van der Waals surface area (Å²) < 4.78 is 0. The van der Waals surface area contributed by atoms with Gasteiger partial charge in [-0.15, -0.1) is 0 Å². The molecule has 0 aliphatic rings. The summed E-state index contributed by atoms with van der Waals surface area (Å²) in [5.41, 5.74) is 14.6. The van der Waals surface area contributed by atoms with Crippen LogP contribution in [0.2, 0.25) is 0 Å². The van der Waals surface area contributed by atoms with E-state index in [-0.39, 0.29) is 0 Å². The molecule has 0 aliphatic heterocycles. The number of nitrogens with zero attached hydrogens (tertiary/aromatic N) is 1. The Morgan fingerprint density at radius 2 is 1.67 bits per heavy atom. The van der Waals surface area contributed by atoms with Gasteiger partial charge in [-0.05, 0) is 30.2 Å².